The van der Waals surface area contributed by atoms with Crippen LogP contribution in [0.3, 0.4) is 0 Å². The van der Waals surface area contributed by atoms with Gasteiger partial charge in [-0.05, 0) is 49.4 Å². The van der Waals surface area contributed by atoms with E-state index in [1.165, 1.54) is 23.1 Å². The maximum atomic E-state index is 13.0. The number of aromatic nitrogens is 1. The lowest BCUT2D eigenvalue weighted by atomic mass is 10.1. The number of carbonyl (C=O) groups excluding carboxylic acids is 2. The van der Waals surface area contributed by atoms with Crippen LogP contribution in [0.4, 0.5) is 4.39 Å². The molecule has 1 N–H and O–H groups in total. The fourth-order valence-electron chi connectivity index (χ4n) is 2.74. The van der Waals surface area contributed by atoms with Crippen LogP contribution in [-0.2, 0) is 4.79 Å². The van der Waals surface area contributed by atoms with E-state index in [-0.39, 0.29) is 17.4 Å². The number of nitrogens with zero attached hydrogens (tertiary/aromatic N) is 2. The summed E-state index contributed by atoms with van der Waals surface area (Å²) in [6.07, 6.45) is 2.31. The normalized spacial score (nSPS) is 16.2. The summed E-state index contributed by atoms with van der Waals surface area (Å²) in [5.41, 5.74) is 1.39. The fourth-order valence-corrected chi connectivity index (χ4v) is 2.74. The topological polar surface area (TPSA) is 75.4 Å². The molecule has 0 bridgehead atoms. The van der Waals surface area contributed by atoms with E-state index in [0.29, 0.717) is 29.4 Å². The molecule has 1 unspecified atom stereocenters. The van der Waals surface area contributed by atoms with Crippen LogP contribution < -0.4 is 5.32 Å². The van der Waals surface area contributed by atoms with Gasteiger partial charge in [0.05, 0.1) is 0 Å². The van der Waals surface area contributed by atoms with Gasteiger partial charge >= 0.3 is 0 Å². The van der Waals surface area contributed by atoms with Crippen molar-refractivity contribution in [2.24, 2.45) is 11.8 Å². The number of carbonyl (C=O) groups is 2. The molecule has 30 heavy (non-hydrogen) atoms. The second-order valence-corrected chi connectivity index (χ2v) is 8.45. The Kier molecular flexibility index (Phi) is 7.92. The standard InChI is InChI=1S/C19H20FN3O3.C4H10/c1-11(2)8-15-10-23(12(3)18(24)21-15)19(25)16-9-17(26-22-16)13-4-6-14(20)7-5-13;1-4(2)3/h4-7,9-12H,8H2,1-3H3,(H,21,24);4H,1-3H3. The largest absolute Gasteiger partial charge is 0.355 e. The van der Waals surface area contributed by atoms with E-state index in [1.54, 1.807) is 25.3 Å². The van der Waals surface area contributed by atoms with Gasteiger partial charge in [-0.3, -0.25) is 14.5 Å². The van der Waals surface area contributed by atoms with Crippen molar-refractivity contribution in [3.05, 3.63) is 53.7 Å². The first-order valence-electron chi connectivity index (χ1n) is 10.1. The second kappa shape index (κ2) is 10.2. The minimum Gasteiger partial charge on any atom is -0.355 e. The highest BCUT2D eigenvalue weighted by atomic mass is 19.1. The molecule has 1 aliphatic rings. The molecule has 162 valence electrons. The Balaban J connectivity index is 0.000000735. The van der Waals surface area contributed by atoms with Gasteiger partial charge in [0.2, 0.25) is 5.91 Å². The van der Waals surface area contributed by atoms with Crippen LogP contribution in [0.1, 0.15) is 58.5 Å². The van der Waals surface area contributed by atoms with Crippen molar-refractivity contribution in [1.29, 1.82) is 0 Å². The molecule has 1 aromatic heterocycles. The molecule has 2 amide bonds. The predicted octanol–water partition coefficient (Wildman–Crippen LogP) is 4.99. The number of hydrogen-bond acceptors (Lipinski definition) is 4. The van der Waals surface area contributed by atoms with E-state index in [2.05, 4.69) is 31.2 Å². The third kappa shape index (κ3) is 6.27. The first-order valence-corrected chi connectivity index (χ1v) is 10.1. The summed E-state index contributed by atoms with van der Waals surface area (Å²) in [6, 6.07) is 6.53. The van der Waals surface area contributed by atoms with Crippen LogP contribution in [0.2, 0.25) is 0 Å². The number of rotatable bonds is 4. The van der Waals surface area contributed by atoms with Crippen molar-refractivity contribution in [2.45, 2.75) is 54.0 Å². The first kappa shape index (κ1) is 23.3. The Morgan fingerprint density at radius 1 is 1.20 bits per heavy atom. The third-order valence-corrected chi connectivity index (χ3v) is 4.10. The van der Waals surface area contributed by atoms with Gasteiger partial charge in [0.25, 0.3) is 5.91 Å². The highest BCUT2D eigenvalue weighted by Crippen LogP contribution is 2.23. The molecule has 1 aliphatic heterocycles. The lowest BCUT2D eigenvalue weighted by Crippen LogP contribution is -2.49. The summed E-state index contributed by atoms with van der Waals surface area (Å²) in [5.74, 6) is 0.503. The van der Waals surface area contributed by atoms with Crippen molar-refractivity contribution < 1.29 is 18.5 Å². The summed E-state index contributed by atoms with van der Waals surface area (Å²) in [6.45, 7) is 12.2. The van der Waals surface area contributed by atoms with Gasteiger partial charge in [-0.2, -0.15) is 0 Å². The van der Waals surface area contributed by atoms with Crippen LogP contribution >= 0.6 is 0 Å². The van der Waals surface area contributed by atoms with E-state index in [9.17, 15) is 14.0 Å². The Morgan fingerprint density at radius 3 is 2.37 bits per heavy atom. The SMILES string of the molecule is CC(C)C.CC(C)CC1=CN(C(=O)c2cc(-c3ccc(F)cc3)on2)C(C)C(=O)N1. The summed E-state index contributed by atoms with van der Waals surface area (Å²) in [4.78, 5) is 26.3. The van der Waals surface area contributed by atoms with Crippen molar-refractivity contribution in [3.63, 3.8) is 0 Å². The molecule has 3 rings (SSSR count). The zero-order chi connectivity index (χ0) is 22.4. The minimum atomic E-state index is -0.649. The Labute approximate surface area is 177 Å². The molecule has 1 atom stereocenters. The smallest absolute Gasteiger partial charge is 0.280 e. The van der Waals surface area contributed by atoms with Crippen LogP contribution in [0.15, 0.2) is 46.8 Å². The summed E-state index contributed by atoms with van der Waals surface area (Å²) in [7, 11) is 0. The quantitative estimate of drug-likeness (QED) is 0.763. The number of amides is 2. The molecule has 0 radical (unpaired) electrons. The van der Waals surface area contributed by atoms with Crippen LogP contribution in [0, 0.1) is 17.7 Å². The van der Waals surface area contributed by atoms with E-state index in [0.717, 1.165) is 5.92 Å². The third-order valence-electron chi connectivity index (χ3n) is 4.10. The van der Waals surface area contributed by atoms with Gasteiger partial charge in [-0.25, -0.2) is 4.39 Å². The molecular formula is C23H30FN3O3. The number of allylic oxidation sites excluding steroid dienone is 1. The zero-order valence-electron chi connectivity index (χ0n) is 18.4. The Hall–Kier alpha value is -2.96. The van der Waals surface area contributed by atoms with Gasteiger partial charge in [0.1, 0.15) is 11.9 Å². The minimum absolute atomic E-state index is 0.0889. The average molecular weight is 416 g/mol. The molecule has 7 heteroatoms. The van der Waals surface area contributed by atoms with Gasteiger partial charge in [-0.1, -0.05) is 39.8 Å². The van der Waals surface area contributed by atoms with Gasteiger partial charge in [0.15, 0.2) is 11.5 Å². The molecule has 0 saturated heterocycles. The van der Waals surface area contributed by atoms with Gasteiger partial charge in [0, 0.05) is 23.5 Å². The molecule has 1 aromatic carbocycles. The number of nitrogens with one attached hydrogen (secondary N) is 1. The molecular weight excluding hydrogens is 385 g/mol. The summed E-state index contributed by atoms with van der Waals surface area (Å²) in [5, 5.41) is 6.63. The van der Waals surface area contributed by atoms with Crippen molar-refractivity contribution in [1.82, 2.24) is 15.4 Å². The first-order chi connectivity index (χ1) is 14.1. The number of benzene rings is 1. The monoisotopic (exact) mass is 415 g/mol. The molecule has 2 aromatic rings. The van der Waals surface area contributed by atoms with E-state index < -0.39 is 11.9 Å². The lowest BCUT2D eigenvalue weighted by Gasteiger charge is -2.30. The maximum Gasteiger partial charge on any atom is 0.280 e. The van der Waals surface area contributed by atoms with E-state index in [4.69, 9.17) is 4.52 Å². The molecule has 0 fully saturated rings. The average Bonchev–Trinajstić information content (AvgIpc) is 3.14. The van der Waals surface area contributed by atoms with Crippen molar-refractivity contribution >= 4 is 11.8 Å². The summed E-state index contributed by atoms with van der Waals surface area (Å²) < 4.78 is 18.2. The molecule has 0 saturated carbocycles. The highest BCUT2D eigenvalue weighted by molar-refractivity contribution is 5.98. The Bertz CT molecular complexity index is 898. The molecule has 6 nitrogen and oxygen atoms in total. The van der Waals surface area contributed by atoms with Crippen molar-refractivity contribution in [3.8, 4) is 11.3 Å². The molecule has 2 heterocycles. The van der Waals surface area contributed by atoms with Crippen LogP contribution in [-0.4, -0.2) is 27.9 Å². The van der Waals surface area contributed by atoms with Gasteiger partial charge in [-0.15, -0.1) is 0 Å². The van der Waals surface area contributed by atoms with Crippen LogP contribution in [0.5, 0.6) is 0 Å². The second-order valence-electron chi connectivity index (χ2n) is 8.45. The fraction of sp³-hybridized carbons (Fsp3) is 0.435. The van der Waals surface area contributed by atoms with Gasteiger partial charge < -0.3 is 9.84 Å². The van der Waals surface area contributed by atoms with Crippen molar-refractivity contribution in [2.75, 3.05) is 0 Å². The maximum absolute atomic E-state index is 13.0. The predicted molar refractivity (Wildman–Crippen MR) is 114 cm³/mol. The van der Waals surface area contributed by atoms with E-state index >= 15 is 0 Å². The lowest BCUT2D eigenvalue weighted by molar-refractivity contribution is -0.124. The Morgan fingerprint density at radius 2 is 1.80 bits per heavy atom. The number of halogens is 1. The zero-order valence-corrected chi connectivity index (χ0v) is 18.4. The highest BCUT2D eigenvalue weighted by Gasteiger charge is 2.32. The van der Waals surface area contributed by atoms with E-state index in [1.807, 2.05) is 13.8 Å². The molecule has 0 spiro atoms. The summed E-state index contributed by atoms with van der Waals surface area (Å²) >= 11 is 0. The number of hydrogen-bond donors (Lipinski definition) is 1. The van der Waals surface area contributed by atoms with Crippen LogP contribution in [0.25, 0.3) is 11.3 Å². The molecule has 0 aliphatic carbocycles.